The molecule has 0 saturated carbocycles. The van der Waals surface area contributed by atoms with E-state index in [0.29, 0.717) is 39.6 Å². The van der Waals surface area contributed by atoms with E-state index >= 15 is 0 Å². The quantitative estimate of drug-likeness (QED) is 0.362. The summed E-state index contributed by atoms with van der Waals surface area (Å²) in [4.78, 5) is 23.3. The average Bonchev–Trinajstić information content (AvgIpc) is 2.49. The molecule has 0 rings (SSSR count). The fraction of sp³-hybridized carbons (Fsp3) is 0.875. The molecular weight excluding hydrogens is 316 g/mol. The predicted molar refractivity (Wildman–Crippen MR) is 89.6 cm³/mol. The highest BCUT2D eigenvalue weighted by molar-refractivity contribution is 5.82. The lowest BCUT2D eigenvalue weighted by molar-refractivity contribution is -0.155. The van der Waals surface area contributed by atoms with Gasteiger partial charge in [0.1, 0.15) is 5.60 Å². The molecule has 24 heavy (non-hydrogen) atoms. The second-order valence-electron chi connectivity index (χ2n) is 6.24. The number of nitrogens with one attached hydrogen (secondary N) is 1. The maximum Gasteiger partial charge on any atom is 0.306 e. The topological polar surface area (TPSA) is 109 Å². The van der Waals surface area contributed by atoms with Crippen LogP contribution in [0.2, 0.25) is 0 Å². The van der Waals surface area contributed by atoms with Gasteiger partial charge >= 0.3 is 5.97 Å². The van der Waals surface area contributed by atoms with Gasteiger partial charge in [0.2, 0.25) is 5.91 Å². The molecule has 0 aliphatic heterocycles. The van der Waals surface area contributed by atoms with E-state index in [4.69, 9.17) is 24.7 Å². The summed E-state index contributed by atoms with van der Waals surface area (Å²) in [7, 11) is 1.61. The molecule has 1 atom stereocenters. The van der Waals surface area contributed by atoms with E-state index in [0.717, 1.165) is 0 Å². The van der Waals surface area contributed by atoms with Crippen molar-refractivity contribution in [3.63, 3.8) is 0 Å². The van der Waals surface area contributed by atoms with Gasteiger partial charge in [-0.25, -0.2) is 0 Å². The van der Waals surface area contributed by atoms with E-state index in [1.165, 1.54) is 0 Å². The molecule has 0 bridgehead atoms. The number of nitrogens with two attached hydrogens (primary N) is 1. The Bertz CT molecular complexity index is 357. The molecule has 0 spiro atoms. The number of amides is 1. The molecular formula is C16H32N2O6. The lowest BCUT2D eigenvalue weighted by Crippen LogP contribution is -2.42. The van der Waals surface area contributed by atoms with Crippen molar-refractivity contribution in [2.75, 3.05) is 46.7 Å². The maximum absolute atomic E-state index is 11.8. The first-order valence-corrected chi connectivity index (χ1v) is 8.16. The third-order valence-corrected chi connectivity index (χ3v) is 2.77. The van der Waals surface area contributed by atoms with Crippen LogP contribution in [0.15, 0.2) is 0 Å². The highest BCUT2D eigenvalue weighted by Gasteiger charge is 2.19. The van der Waals surface area contributed by atoms with E-state index < -0.39 is 11.6 Å². The average molecular weight is 348 g/mol. The summed E-state index contributed by atoms with van der Waals surface area (Å²) < 4.78 is 20.5. The molecule has 8 heteroatoms. The van der Waals surface area contributed by atoms with Crippen molar-refractivity contribution < 1.29 is 28.5 Å². The Kier molecular flexibility index (Phi) is 12.4. The van der Waals surface area contributed by atoms with Gasteiger partial charge in [-0.2, -0.15) is 0 Å². The van der Waals surface area contributed by atoms with Gasteiger partial charge in [0.15, 0.2) is 0 Å². The second kappa shape index (κ2) is 13.1. The molecule has 3 N–H and O–H groups in total. The highest BCUT2D eigenvalue weighted by atomic mass is 16.6. The van der Waals surface area contributed by atoms with Crippen LogP contribution in [0.25, 0.3) is 0 Å². The van der Waals surface area contributed by atoms with Crippen LogP contribution in [-0.4, -0.2) is 70.2 Å². The van der Waals surface area contributed by atoms with Crippen molar-refractivity contribution in [3.8, 4) is 0 Å². The Morgan fingerprint density at radius 2 is 1.62 bits per heavy atom. The summed E-state index contributed by atoms with van der Waals surface area (Å²) in [5.74, 6) is -0.666. The smallest absolute Gasteiger partial charge is 0.306 e. The summed E-state index contributed by atoms with van der Waals surface area (Å²) in [5, 5.41) is 2.66. The van der Waals surface area contributed by atoms with Crippen LogP contribution in [0.1, 0.15) is 33.6 Å². The van der Waals surface area contributed by atoms with Gasteiger partial charge < -0.3 is 30.0 Å². The number of ether oxygens (including phenoxy) is 4. The fourth-order valence-corrected chi connectivity index (χ4v) is 1.64. The van der Waals surface area contributed by atoms with E-state index in [2.05, 4.69) is 5.32 Å². The molecule has 0 aromatic carbocycles. The van der Waals surface area contributed by atoms with Crippen LogP contribution in [0, 0.1) is 0 Å². The van der Waals surface area contributed by atoms with E-state index in [9.17, 15) is 9.59 Å². The zero-order valence-corrected chi connectivity index (χ0v) is 15.3. The van der Waals surface area contributed by atoms with Crippen LogP contribution >= 0.6 is 0 Å². The molecule has 0 saturated heterocycles. The minimum atomic E-state index is -0.741. The minimum absolute atomic E-state index is 0.112. The molecule has 0 aliphatic carbocycles. The standard InChI is InChI=1S/C16H32N2O6/c1-16(2,3)24-14(19)6-5-13(17)15(20)18-7-8-22-11-12-23-10-9-21-4/h13H,5-12,17H2,1-4H3,(H,18,20)/t13-/m0/s1. The molecule has 0 aliphatic rings. The van der Waals surface area contributed by atoms with Crippen molar-refractivity contribution in [2.45, 2.75) is 45.3 Å². The monoisotopic (exact) mass is 348 g/mol. The summed E-state index contributed by atoms with van der Waals surface area (Å²) in [6.07, 6.45) is 0.357. The van der Waals surface area contributed by atoms with Crippen molar-refractivity contribution in [1.82, 2.24) is 5.32 Å². The number of hydrogen-bond acceptors (Lipinski definition) is 7. The first-order valence-electron chi connectivity index (χ1n) is 8.16. The van der Waals surface area contributed by atoms with E-state index in [1.54, 1.807) is 27.9 Å². The van der Waals surface area contributed by atoms with Gasteiger partial charge in [0, 0.05) is 20.1 Å². The first kappa shape index (κ1) is 22.8. The maximum atomic E-state index is 11.8. The van der Waals surface area contributed by atoms with Crippen molar-refractivity contribution in [1.29, 1.82) is 0 Å². The lowest BCUT2D eigenvalue weighted by atomic mass is 10.1. The molecule has 142 valence electrons. The predicted octanol–water partition coefficient (Wildman–Crippen LogP) is 0.231. The third-order valence-electron chi connectivity index (χ3n) is 2.77. The van der Waals surface area contributed by atoms with Crippen LogP contribution < -0.4 is 11.1 Å². The molecule has 0 radical (unpaired) electrons. The molecule has 0 aromatic rings. The SMILES string of the molecule is COCCOCCOCCNC(=O)[C@@H](N)CCC(=O)OC(C)(C)C. The zero-order chi connectivity index (χ0) is 18.4. The molecule has 0 fully saturated rings. The van der Waals surface area contributed by atoms with Crippen LogP contribution in [-0.2, 0) is 28.5 Å². The number of carbonyl (C=O) groups is 2. The van der Waals surface area contributed by atoms with Gasteiger partial charge in [-0.3, -0.25) is 9.59 Å². The largest absolute Gasteiger partial charge is 0.460 e. The Hall–Kier alpha value is -1.22. The van der Waals surface area contributed by atoms with Crippen molar-refractivity contribution >= 4 is 11.9 Å². The minimum Gasteiger partial charge on any atom is -0.460 e. The molecule has 0 heterocycles. The van der Waals surface area contributed by atoms with Crippen LogP contribution in [0.3, 0.4) is 0 Å². The number of rotatable bonds is 13. The van der Waals surface area contributed by atoms with Gasteiger partial charge in [-0.1, -0.05) is 0 Å². The lowest BCUT2D eigenvalue weighted by Gasteiger charge is -2.20. The second-order valence-corrected chi connectivity index (χ2v) is 6.24. The number of esters is 1. The van der Waals surface area contributed by atoms with E-state index in [-0.39, 0.29) is 24.7 Å². The number of methoxy groups -OCH3 is 1. The van der Waals surface area contributed by atoms with Gasteiger partial charge in [-0.05, 0) is 27.2 Å². The Balaban J connectivity index is 3.61. The van der Waals surface area contributed by atoms with Crippen molar-refractivity contribution in [2.24, 2.45) is 5.73 Å². The fourth-order valence-electron chi connectivity index (χ4n) is 1.64. The van der Waals surface area contributed by atoms with Gasteiger partial charge in [0.25, 0.3) is 0 Å². The molecule has 0 unspecified atom stereocenters. The summed E-state index contributed by atoms with van der Waals surface area (Å²) in [5.41, 5.74) is 5.21. The number of hydrogen-bond donors (Lipinski definition) is 2. The third kappa shape index (κ3) is 14.4. The summed E-state index contributed by atoms with van der Waals surface area (Å²) in [6, 6.07) is -0.741. The molecule has 1 amide bonds. The van der Waals surface area contributed by atoms with Gasteiger partial charge in [0.05, 0.1) is 39.1 Å². The normalized spacial score (nSPS) is 12.7. The Morgan fingerprint density at radius 1 is 1.04 bits per heavy atom. The molecule has 0 aromatic heterocycles. The number of carbonyl (C=O) groups excluding carboxylic acids is 2. The van der Waals surface area contributed by atoms with E-state index in [1.807, 2.05) is 0 Å². The van der Waals surface area contributed by atoms with Crippen LogP contribution in [0.5, 0.6) is 0 Å². The summed E-state index contributed by atoms with van der Waals surface area (Å²) in [6.45, 7) is 8.12. The van der Waals surface area contributed by atoms with Crippen molar-refractivity contribution in [3.05, 3.63) is 0 Å². The van der Waals surface area contributed by atoms with Crippen LogP contribution in [0.4, 0.5) is 0 Å². The molecule has 8 nitrogen and oxygen atoms in total. The summed E-state index contributed by atoms with van der Waals surface area (Å²) >= 11 is 0. The Labute approximate surface area is 144 Å². The van der Waals surface area contributed by atoms with Gasteiger partial charge in [-0.15, -0.1) is 0 Å². The Morgan fingerprint density at radius 3 is 2.21 bits per heavy atom. The zero-order valence-electron chi connectivity index (χ0n) is 15.3. The highest BCUT2D eigenvalue weighted by Crippen LogP contribution is 2.09. The first-order chi connectivity index (χ1) is 11.3.